The Labute approximate surface area is 270 Å². The third-order valence-electron chi connectivity index (χ3n) is 7.12. The van der Waals surface area contributed by atoms with Crippen molar-refractivity contribution in [1.29, 1.82) is 0 Å². The molecule has 1 atom stereocenters. The van der Waals surface area contributed by atoms with Gasteiger partial charge in [-0.15, -0.1) is 0 Å². The van der Waals surface area contributed by atoms with Crippen LogP contribution in [-0.2, 0) is 28.3 Å². The Morgan fingerprint density at radius 3 is 2.40 bits per heavy atom. The molecule has 48 heavy (non-hydrogen) atoms. The van der Waals surface area contributed by atoms with Gasteiger partial charge in [-0.1, -0.05) is 12.1 Å². The van der Waals surface area contributed by atoms with Crippen LogP contribution in [0.3, 0.4) is 0 Å². The zero-order valence-electron chi connectivity index (χ0n) is 25.2. The zero-order valence-corrected chi connectivity index (χ0v) is 26.0. The van der Waals surface area contributed by atoms with Crippen molar-refractivity contribution >= 4 is 38.5 Å². The summed E-state index contributed by atoms with van der Waals surface area (Å²) in [6, 6.07) is 9.18. The Hall–Kier alpha value is -5.97. The van der Waals surface area contributed by atoms with Crippen LogP contribution in [0, 0.1) is 11.6 Å². The number of anilines is 1. The van der Waals surface area contributed by atoms with Crippen LogP contribution in [0.25, 0.3) is 16.6 Å². The van der Waals surface area contributed by atoms with Crippen molar-refractivity contribution in [3.05, 3.63) is 117 Å². The molecule has 0 bridgehead atoms. The number of nitrogens with zero attached hydrogens (tertiary/aromatic N) is 4. The SMILES string of the molecule is CCOc1ccccc1S(=O)(=O)Nc1cc(F)c(C(=O)N[C@@H](Cc2ccc(-n3c(=O)c4ccncc4n(C)c3=O)cn2)C(=O)O)c(F)c1. The lowest BCUT2D eigenvalue weighted by Crippen LogP contribution is -2.43. The number of carboxylic acids is 1. The van der Waals surface area contributed by atoms with Gasteiger partial charge >= 0.3 is 11.7 Å². The summed E-state index contributed by atoms with van der Waals surface area (Å²) in [5, 5.41) is 12.0. The minimum Gasteiger partial charge on any atom is -0.492 e. The first-order valence-corrected chi connectivity index (χ1v) is 15.6. The lowest BCUT2D eigenvalue weighted by Gasteiger charge is -2.16. The third kappa shape index (κ3) is 6.61. The van der Waals surface area contributed by atoms with Crippen molar-refractivity contribution in [3.63, 3.8) is 0 Å². The number of carboxylic acid groups (broad SMARTS) is 1. The van der Waals surface area contributed by atoms with Crippen LogP contribution in [0.15, 0.2) is 87.7 Å². The number of carbonyl (C=O) groups excluding carboxylic acids is 1. The molecule has 2 aromatic carbocycles. The van der Waals surface area contributed by atoms with Crippen molar-refractivity contribution in [1.82, 2.24) is 24.4 Å². The Balaban J connectivity index is 1.34. The maximum Gasteiger partial charge on any atom is 0.335 e. The second kappa shape index (κ2) is 13.4. The second-order valence-corrected chi connectivity index (χ2v) is 11.9. The number of aliphatic carboxylic acids is 1. The van der Waals surface area contributed by atoms with E-state index in [1.807, 2.05) is 10.0 Å². The van der Waals surface area contributed by atoms with Crippen LogP contribution in [0.4, 0.5) is 14.5 Å². The molecule has 5 rings (SSSR count). The molecule has 0 fully saturated rings. The third-order valence-corrected chi connectivity index (χ3v) is 8.54. The molecular formula is C31H26F2N6O8S. The highest BCUT2D eigenvalue weighted by atomic mass is 32.2. The summed E-state index contributed by atoms with van der Waals surface area (Å²) in [7, 11) is -2.91. The van der Waals surface area contributed by atoms with E-state index in [0.29, 0.717) is 17.6 Å². The van der Waals surface area contributed by atoms with Gasteiger partial charge in [0.2, 0.25) is 0 Å². The maximum absolute atomic E-state index is 15.0. The van der Waals surface area contributed by atoms with Gasteiger partial charge in [0.25, 0.3) is 21.5 Å². The Morgan fingerprint density at radius 2 is 1.75 bits per heavy atom. The van der Waals surface area contributed by atoms with E-state index < -0.39 is 68.5 Å². The minimum absolute atomic E-state index is 0.0119. The molecule has 0 unspecified atom stereocenters. The Bertz CT molecular complexity index is 2270. The van der Waals surface area contributed by atoms with Crippen molar-refractivity contribution in [2.75, 3.05) is 11.3 Å². The predicted octanol–water partition coefficient (Wildman–Crippen LogP) is 2.38. The van der Waals surface area contributed by atoms with Crippen molar-refractivity contribution < 1.29 is 36.6 Å². The quantitative estimate of drug-likeness (QED) is 0.187. The summed E-state index contributed by atoms with van der Waals surface area (Å²) in [6.07, 6.45) is 3.50. The number of rotatable bonds is 11. The summed E-state index contributed by atoms with van der Waals surface area (Å²) in [4.78, 5) is 58.5. The molecule has 3 aromatic heterocycles. The monoisotopic (exact) mass is 680 g/mol. The largest absolute Gasteiger partial charge is 0.492 e. The number of aromatic nitrogens is 4. The van der Waals surface area contributed by atoms with E-state index in [1.165, 1.54) is 60.4 Å². The molecule has 0 spiro atoms. The molecule has 0 radical (unpaired) electrons. The van der Waals surface area contributed by atoms with Crippen molar-refractivity contribution in [2.24, 2.45) is 7.05 Å². The van der Waals surface area contributed by atoms with Crippen LogP contribution in [-0.4, -0.2) is 57.2 Å². The number of pyridine rings is 2. The minimum atomic E-state index is -4.37. The maximum atomic E-state index is 15.0. The Kier molecular flexibility index (Phi) is 9.33. The van der Waals surface area contributed by atoms with Gasteiger partial charge in [-0.2, -0.15) is 0 Å². The zero-order chi connectivity index (χ0) is 34.7. The molecule has 0 saturated carbocycles. The second-order valence-electron chi connectivity index (χ2n) is 10.3. The molecule has 248 valence electrons. The molecule has 14 nitrogen and oxygen atoms in total. The number of halogens is 2. The number of hydrogen-bond donors (Lipinski definition) is 3. The van der Waals surface area contributed by atoms with E-state index in [1.54, 1.807) is 13.0 Å². The molecule has 1 amide bonds. The standard InChI is InChI=1S/C31H26F2N6O8S/c1-3-47-25-6-4-5-7-26(25)48(45,46)37-18-12-21(32)27(22(33)13-18)28(40)36-23(30(42)43)14-17-8-9-19(15-35-17)39-29(41)20-10-11-34-16-24(20)38(2)31(39)44/h4-13,15-16,23,37H,3,14H2,1-2H3,(H,36,40)(H,42,43)/t23-/m0/s1. The first kappa shape index (κ1) is 33.4. The summed E-state index contributed by atoms with van der Waals surface area (Å²) >= 11 is 0. The van der Waals surface area contributed by atoms with Crippen molar-refractivity contribution in [2.45, 2.75) is 24.3 Å². The van der Waals surface area contributed by atoms with E-state index in [0.717, 1.165) is 10.8 Å². The van der Waals surface area contributed by atoms with Crippen LogP contribution in [0.5, 0.6) is 5.75 Å². The lowest BCUT2D eigenvalue weighted by atomic mass is 10.1. The first-order chi connectivity index (χ1) is 22.8. The average molecular weight is 681 g/mol. The summed E-state index contributed by atoms with van der Waals surface area (Å²) < 4.78 is 65.4. The van der Waals surface area contributed by atoms with Gasteiger partial charge in [0.15, 0.2) is 0 Å². The summed E-state index contributed by atoms with van der Waals surface area (Å²) in [6.45, 7) is 1.80. The number of hydrogen-bond acceptors (Lipinski definition) is 9. The fraction of sp³-hybridized carbons (Fsp3) is 0.161. The number of para-hydroxylation sites is 1. The van der Waals surface area contributed by atoms with E-state index in [-0.39, 0.29) is 34.0 Å². The van der Waals surface area contributed by atoms with Gasteiger partial charge < -0.3 is 15.2 Å². The van der Waals surface area contributed by atoms with Gasteiger partial charge in [0, 0.05) is 25.4 Å². The van der Waals surface area contributed by atoms with Crippen LogP contribution >= 0.6 is 0 Å². The van der Waals surface area contributed by atoms with Gasteiger partial charge in [0.05, 0.1) is 41.3 Å². The number of fused-ring (bicyclic) bond motifs is 1. The highest BCUT2D eigenvalue weighted by Crippen LogP contribution is 2.27. The van der Waals surface area contributed by atoms with Gasteiger partial charge in [-0.05, 0) is 49.4 Å². The summed E-state index contributed by atoms with van der Waals surface area (Å²) in [5.74, 6) is -5.90. The molecule has 0 aliphatic rings. The number of nitrogens with one attached hydrogen (secondary N) is 2. The number of benzene rings is 2. The van der Waals surface area contributed by atoms with E-state index in [2.05, 4.69) is 9.97 Å². The number of carbonyl (C=O) groups is 2. The number of amides is 1. The van der Waals surface area contributed by atoms with Crippen LogP contribution in [0.2, 0.25) is 0 Å². The van der Waals surface area contributed by atoms with E-state index >= 15 is 8.78 Å². The highest BCUT2D eigenvalue weighted by Gasteiger charge is 2.27. The van der Waals surface area contributed by atoms with E-state index in [9.17, 15) is 32.7 Å². The topological polar surface area (TPSA) is 192 Å². The van der Waals surface area contributed by atoms with Crippen LogP contribution in [0.1, 0.15) is 23.0 Å². The van der Waals surface area contributed by atoms with Gasteiger partial charge in [-0.25, -0.2) is 31.4 Å². The van der Waals surface area contributed by atoms with Gasteiger partial charge in [-0.3, -0.25) is 28.8 Å². The molecule has 3 N–H and O–H groups in total. The molecule has 5 aromatic rings. The molecule has 0 aliphatic heterocycles. The number of sulfonamides is 1. The number of aryl methyl sites for hydroxylation is 1. The fourth-order valence-electron chi connectivity index (χ4n) is 4.84. The summed E-state index contributed by atoms with van der Waals surface area (Å²) in [5.41, 5.74) is -2.49. The lowest BCUT2D eigenvalue weighted by molar-refractivity contribution is -0.139. The normalized spacial score (nSPS) is 12.0. The molecular weight excluding hydrogens is 654 g/mol. The van der Waals surface area contributed by atoms with Crippen molar-refractivity contribution in [3.8, 4) is 11.4 Å². The average Bonchev–Trinajstić information content (AvgIpc) is 3.04. The predicted molar refractivity (Wildman–Crippen MR) is 168 cm³/mol. The van der Waals surface area contributed by atoms with E-state index in [4.69, 9.17) is 4.74 Å². The molecule has 17 heteroatoms. The molecule has 0 aliphatic carbocycles. The smallest absolute Gasteiger partial charge is 0.335 e. The van der Waals surface area contributed by atoms with Gasteiger partial charge in [0.1, 0.15) is 33.9 Å². The first-order valence-electron chi connectivity index (χ1n) is 14.1. The Morgan fingerprint density at radius 1 is 1.04 bits per heavy atom. The highest BCUT2D eigenvalue weighted by molar-refractivity contribution is 7.92. The number of ether oxygens (including phenoxy) is 1. The molecule has 3 heterocycles. The fourth-order valence-corrected chi connectivity index (χ4v) is 6.03. The molecule has 0 saturated heterocycles. The van der Waals surface area contributed by atoms with Crippen LogP contribution < -0.4 is 26.0 Å².